The van der Waals surface area contributed by atoms with Gasteiger partial charge in [-0.25, -0.2) is 4.39 Å². The van der Waals surface area contributed by atoms with Gasteiger partial charge in [0.15, 0.2) is 0 Å². The molecular formula is C16H20ClFN2O2. The number of carbonyl (C=O) groups excluding carboxylic acids is 2. The van der Waals surface area contributed by atoms with Crippen molar-refractivity contribution in [3.05, 3.63) is 34.6 Å². The van der Waals surface area contributed by atoms with Gasteiger partial charge in [0, 0.05) is 31.6 Å². The molecule has 1 saturated heterocycles. The van der Waals surface area contributed by atoms with E-state index in [4.69, 9.17) is 11.6 Å². The molecule has 1 aromatic rings. The highest BCUT2D eigenvalue weighted by Crippen LogP contribution is 2.23. The molecule has 1 aliphatic rings. The van der Waals surface area contributed by atoms with Gasteiger partial charge >= 0.3 is 0 Å². The highest BCUT2D eigenvalue weighted by molar-refractivity contribution is 6.33. The van der Waals surface area contributed by atoms with Crippen molar-refractivity contribution in [3.8, 4) is 0 Å². The third-order valence-electron chi connectivity index (χ3n) is 3.67. The van der Waals surface area contributed by atoms with Crippen LogP contribution in [-0.4, -0.2) is 47.8 Å². The number of carbonyl (C=O) groups is 2. The lowest BCUT2D eigenvalue weighted by Crippen LogP contribution is -2.53. The fourth-order valence-electron chi connectivity index (χ4n) is 2.45. The molecule has 0 aliphatic carbocycles. The fourth-order valence-corrected chi connectivity index (χ4v) is 2.69. The molecule has 0 spiro atoms. The first-order chi connectivity index (χ1) is 10.2. The van der Waals surface area contributed by atoms with Gasteiger partial charge in [-0.3, -0.25) is 9.59 Å². The number of halogens is 2. The normalized spacial score (nSPS) is 15.9. The van der Waals surface area contributed by atoms with Crippen LogP contribution in [0.1, 0.15) is 31.1 Å². The zero-order valence-corrected chi connectivity index (χ0v) is 13.8. The average Bonchev–Trinajstić information content (AvgIpc) is 2.45. The summed E-state index contributed by atoms with van der Waals surface area (Å²) in [7, 11) is 0. The van der Waals surface area contributed by atoms with Crippen LogP contribution in [0.4, 0.5) is 4.39 Å². The van der Waals surface area contributed by atoms with E-state index in [1.54, 1.807) is 4.90 Å². The molecule has 1 heterocycles. The Labute approximate surface area is 134 Å². The van der Waals surface area contributed by atoms with Crippen molar-refractivity contribution in [2.24, 2.45) is 5.41 Å². The lowest BCUT2D eigenvalue weighted by Gasteiger charge is -2.37. The Bertz CT molecular complexity index is 570. The Morgan fingerprint density at radius 2 is 1.64 bits per heavy atom. The molecule has 0 N–H and O–H groups in total. The molecule has 120 valence electrons. The van der Waals surface area contributed by atoms with Crippen molar-refractivity contribution in [1.29, 1.82) is 0 Å². The number of nitrogens with zero attached hydrogens (tertiary/aromatic N) is 2. The van der Waals surface area contributed by atoms with Crippen LogP contribution in [0.3, 0.4) is 0 Å². The topological polar surface area (TPSA) is 40.6 Å². The first-order valence-electron chi connectivity index (χ1n) is 7.24. The second kappa shape index (κ2) is 6.24. The molecule has 6 heteroatoms. The minimum atomic E-state index is -0.620. The molecule has 1 fully saturated rings. The molecule has 22 heavy (non-hydrogen) atoms. The van der Waals surface area contributed by atoms with Crippen LogP contribution in [0, 0.1) is 11.2 Å². The predicted octanol–water partition coefficient (Wildman–Crippen LogP) is 2.81. The molecular weight excluding hydrogens is 307 g/mol. The molecule has 0 unspecified atom stereocenters. The number of amides is 2. The minimum Gasteiger partial charge on any atom is -0.339 e. The van der Waals surface area contributed by atoms with Crippen LogP contribution in [0.25, 0.3) is 0 Å². The molecule has 4 nitrogen and oxygen atoms in total. The van der Waals surface area contributed by atoms with E-state index < -0.39 is 17.1 Å². The summed E-state index contributed by atoms with van der Waals surface area (Å²) >= 11 is 5.93. The number of rotatable bonds is 1. The van der Waals surface area contributed by atoms with Crippen LogP contribution < -0.4 is 0 Å². The second-order valence-electron chi connectivity index (χ2n) is 6.43. The molecule has 2 amide bonds. The molecule has 0 bridgehead atoms. The molecule has 1 aliphatic heterocycles. The Kier molecular flexibility index (Phi) is 4.75. The monoisotopic (exact) mass is 326 g/mol. The van der Waals surface area contributed by atoms with Crippen LogP contribution in [0.2, 0.25) is 5.02 Å². The van der Waals surface area contributed by atoms with E-state index >= 15 is 0 Å². The van der Waals surface area contributed by atoms with E-state index in [2.05, 4.69) is 0 Å². The zero-order valence-electron chi connectivity index (χ0n) is 13.0. The van der Waals surface area contributed by atoms with Crippen molar-refractivity contribution in [2.75, 3.05) is 26.2 Å². The first kappa shape index (κ1) is 16.7. The quantitative estimate of drug-likeness (QED) is 0.796. The van der Waals surface area contributed by atoms with Gasteiger partial charge in [0.05, 0.1) is 10.6 Å². The van der Waals surface area contributed by atoms with E-state index in [0.29, 0.717) is 26.2 Å². The summed E-state index contributed by atoms with van der Waals surface area (Å²) in [4.78, 5) is 27.9. The van der Waals surface area contributed by atoms with Gasteiger partial charge < -0.3 is 9.80 Å². The van der Waals surface area contributed by atoms with Crippen LogP contribution in [0.5, 0.6) is 0 Å². The van der Waals surface area contributed by atoms with Crippen molar-refractivity contribution < 1.29 is 14.0 Å². The van der Waals surface area contributed by atoms with E-state index in [1.807, 2.05) is 20.8 Å². The second-order valence-corrected chi connectivity index (χ2v) is 6.84. The number of benzene rings is 1. The smallest absolute Gasteiger partial charge is 0.258 e. The van der Waals surface area contributed by atoms with Gasteiger partial charge in [0.2, 0.25) is 5.91 Å². The third-order valence-corrected chi connectivity index (χ3v) is 3.99. The number of piperazine rings is 1. The molecule has 0 aromatic heterocycles. The summed E-state index contributed by atoms with van der Waals surface area (Å²) in [5.41, 5.74) is -0.541. The summed E-state index contributed by atoms with van der Waals surface area (Å²) in [5, 5.41) is 0.109. The van der Waals surface area contributed by atoms with Gasteiger partial charge in [-0.15, -0.1) is 0 Å². The van der Waals surface area contributed by atoms with Crippen LogP contribution in [-0.2, 0) is 4.79 Å². The minimum absolute atomic E-state index is 0.0588. The van der Waals surface area contributed by atoms with E-state index in [9.17, 15) is 14.0 Å². The SMILES string of the molecule is CC(C)(C)C(=O)N1CCN(C(=O)c2c(F)cccc2Cl)CC1. The number of hydrogen-bond acceptors (Lipinski definition) is 2. The first-order valence-corrected chi connectivity index (χ1v) is 7.62. The van der Waals surface area contributed by atoms with Crippen molar-refractivity contribution in [3.63, 3.8) is 0 Å². The van der Waals surface area contributed by atoms with Crippen molar-refractivity contribution >= 4 is 23.4 Å². The van der Waals surface area contributed by atoms with E-state index in [-0.39, 0.29) is 16.5 Å². The molecule has 0 saturated carbocycles. The summed E-state index contributed by atoms with van der Waals surface area (Å²) < 4.78 is 13.8. The highest BCUT2D eigenvalue weighted by Gasteiger charge is 2.32. The zero-order chi connectivity index (χ0) is 16.5. The van der Waals surface area contributed by atoms with E-state index in [0.717, 1.165) is 0 Å². The Hall–Kier alpha value is -1.62. The summed E-state index contributed by atoms with van der Waals surface area (Å²) in [6.45, 7) is 7.27. The number of hydrogen-bond donors (Lipinski definition) is 0. The summed E-state index contributed by atoms with van der Waals surface area (Å²) in [6, 6.07) is 4.18. The van der Waals surface area contributed by atoms with Gasteiger partial charge in [0.1, 0.15) is 5.82 Å². The Balaban J connectivity index is 2.06. The lowest BCUT2D eigenvalue weighted by molar-refractivity contribution is -0.140. The molecule has 2 rings (SSSR count). The maximum atomic E-state index is 13.8. The Morgan fingerprint density at radius 1 is 1.09 bits per heavy atom. The maximum Gasteiger partial charge on any atom is 0.258 e. The van der Waals surface area contributed by atoms with Gasteiger partial charge in [-0.2, -0.15) is 0 Å². The molecule has 1 aromatic carbocycles. The van der Waals surface area contributed by atoms with Crippen molar-refractivity contribution in [2.45, 2.75) is 20.8 Å². The summed E-state index contributed by atoms with van der Waals surface area (Å²) in [6.07, 6.45) is 0. The highest BCUT2D eigenvalue weighted by atomic mass is 35.5. The van der Waals surface area contributed by atoms with Crippen molar-refractivity contribution in [1.82, 2.24) is 9.80 Å². The Morgan fingerprint density at radius 3 is 2.14 bits per heavy atom. The standard InChI is InChI=1S/C16H20ClFN2O2/c1-16(2,3)15(22)20-9-7-19(8-10-20)14(21)13-11(17)5-4-6-12(13)18/h4-6H,7-10H2,1-3H3. The predicted molar refractivity (Wildman–Crippen MR) is 83.3 cm³/mol. The van der Waals surface area contributed by atoms with Gasteiger partial charge in [-0.05, 0) is 12.1 Å². The van der Waals surface area contributed by atoms with Crippen LogP contribution in [0.15, 0.2) is 18.2 Å². The largest absolute Gasteiger partial charge is 0.339 e. The fraction of sp³-hybridized carbons (Fsp3) is 0.500. The third kappa shape index (κ3) is 3.40. The molecule has 0 atom stereocenters. The van der Waals surface area contributed by atoms with E-state index in [1.165, 1.54) is 23.1 Å². The van der Waals surface area contributed by atoms with Gasteiger partial charge in [-0.1, -0.05) is 38.4 Å². The summed E-state index contributed by atoms with van der Waals surface area (Å²) in [5.74, 6) is -0.986. The average molecular weight is 327 g/mol. The maximum absolute atomic E-state index is 13.8. The lowest BCUT2D eigenvalue weighted by atomic mass is 9.94. The molecule has 0 radical (unpaired) electrons. The van der Waals surface area contributed by atoms with Gasteiger partial charge in [0.25, 0.3) is 5.91 Å². The van der Waals surface area contributed by atoms with Crippen LogP contribution >= 0.6 is 11.6 Å².